The van der Waals surface area contributed by atoms with Crippen LogP contribution in [0.2, 0.25) is 5.02 Å². The van der Waals surface area contributed by atoms with Gasteiger partial charge in [-0.2, -0.15) is 9.97 Å². The van der Waals surface area contributed by atoms with Crippen molar-refractivity contribution in [2.75, 3.05) is 56.6 Å². The summed E-state index contributed by atoms with van der Waals surface area (Å²) in [5, 5.41) is 3.72. The maximum Gasteiger partial charge on any atom is 0.318 e. The summed E-state index contributed by atoms with van der Waals surface area (Å²) in [6.45, 7) is 6.57. The number of ether oxygens (including phenoxy) is 1. The number of aromatic nitrogens is 2. The Morgan fingerprint density at radius 2 is 2.07 bits per heavy atom. The Kier molecular flexibility index (Phi) is 8.27. The molecular weight excluding hydrogens is 592 g/mol. The number of rotatable bonds is 6. The van der Waals surface area contributed by atoms with Crippen LogP contribution in [0.5, 0.6) is 6.01 Å². The van der Waals surface area contributed by atoms with Crippen LogP contribution in [0.1, 0.15) is 41.6 Å². The molecule has 2 saturated heterocycles. The van der Waals surface area contributed by atoms with E-state index in [1.54, 1.807) is 0 Å². The van der Waals surface area contributed by atoms with Crippen LogP contribution in [0.15, 0.2) is 24.5 Å². The molecule has 2 fully saturated rings. The second kappa shape index (κ2) is 11.9. The summed E-state index contributed by atoms with van der Waals surface area (Å²) in [4.78, 5) is 41.3. The number of halogens is 3. The molecule has 1 aromatic carbocycles. The Morgan fingerprint density at radius 1 is 1.27 bits per heavy atom. The molecule has 10 nitrogen and oxygen atoms in total. The van der Waals surface area contributed by atoms with E-state index < -0.39 is 29.4 Å². The summed E-state index contributed by atoms with van der Waals surface area (Å²) in [6, 6.07) is 3.32. The molecule has 3 N–H and O–H groups in total. The van der Waals surface area contributed by atoms with E-state index in [2.05, 4.69) is 11.9 Å². The van der Waals surface area contributed by atoms with Gasteiger partial charge in [0.05, 0.1) is 17.2 Å². The maximum absolute atomic E-state index is 14.1. The van der Waals surface area contributed by atoms with Crippen LogP contribution in [0.4, 0.5) is 20.3 Å². The third kappa shape index (κ3) is 5.41. The molecule has 6 rings (SSSR count). The number of nitrogens with zero attached hydrogens (tertiary/aromatic N) is 5. The van der Waals surface area contributed by atoms with Crippen LogP contribution in [0.25, 0.3) is 0 Å². The second-order valence-corrected chi connectivity index (χ2v) is 12.9. The number of carbonyl (C=O) groups excluding carboxylic acids is 2. The number of nitrogens with one attached hydrogen (secondary N) is 1. The minimum absolute atomic E-state index is 0.0942. The molecule has 3 aliphatic heterocycles. The number of piperazine rings is 1. The van der Waals surface area contributed by atoms with Gasteiger partial charge in [-0.3, -0.25) is 14.5 Å². The average molecular weight is 630 g/mol. The standard InChI is InChI=1S/C31H38ClF2N7O3/c1-17-9-19(32)10-24-23(17)5-4-6-31(24)12-25-26(37-29(31)43)27(38-30(36-25)44-16-21-11-20(34)14-39(21)3)40-7-8-41(22(13-35)15-40)28(42)18(2)33/h9-10,20-22H,2,4-8,11-16,35H2,1,3H3,(H,37,43)/t20-,21+,22+,31?/m1/s1. The molecule has 13 heteroatoms. The topological polar surface area (TPSA) is 117 Å². The van der Waals surface area contributed by atoms with Gasteiger partial charge in [0, 0.05) is 50.2 Å². The molecule has 0 saturated carbocycles. The monoisotopic (exact) mass is 629 g/mol. The van der Waals surface area contributed by atoms with Gasteiger partial charge >= 0.3 is 6.01 Å². The predicted octanol–water partition coefficient (Wildman–Crippen LogP) is 3.09. The van der Waals surface area contributed by atoms with Gasteiger partial charge in [-0.25, -0.2) is 8.78 Å². The Balaban J connectivity index is 1.38. The number of benzene rings is 1. The first-order valence-electron chi connectivity index (χ1n) is 15.1. The number of anilines is 2. The highest BCUT2D eigenvalue weighted by Crippen LogP contribution is 2.48. The van der Waals surface area contributed by atoms with Crippen molar-refractivity contribution < 1.29 is 23.1 Å². The van der Waals surface area contributed by atoms with E-state index in [9.17, 15) is 18.4 Å². The normalized spacial score (nSPS) is 26.8. The number of likely N-dealkylation sites (tertiary alicyclic amines) is 1. The number of hydrogen-bond donors (Lipinski definition) is 2. The number of fused-ring (bicyclic) bond motifs is 3. The van der Waals surface area contributed by atoms with Crippen LogP contribution >= 0.6 is 11.6 Å². The molecule has 2 aromatic rings. The first-order valence-corrected chi connectivity index (χ1v) is 15.5. The number of likely N-dealkylation sites (N-methyl/N-ethyl adjacent to an activating group) is 1. The third-order valence-corrected chi connectivity index (χ3v) is 9.88. The summed E-state index contributed by atoms with van der Waals surface area (Å²) in [5.41, 5.74) is 9.37. The maximum atomic E-state index is 14.1. The SMILES string of the molecule is C=C(F)C(=O)N1CCN(c2nc(OC[C@@H]3C[C@@H](F)CN3C)nc3c2NC(=O)C2(CCCc4c(C)cc(Cl)cc42)C3)C[C@@H]1CN. The quantitative estimate of drug-likeness (QED) is 0.469. The van der Waals surface area contributed by atoms with Crippen LogP contribution < -0.4 is 20.7 Å². The molecule has 1 aliphatic carbocycles. The Labute approximate surface area is 260 Å². The summed E-state index contributed by atoms with van der Waals surface area (Å²) in [7, 11) is 1.86. The van der Waals surface area contributed by atoms with Crippen molar-refractivity contribution in [2.24, 2.45) is 5.73 Å². The molecule has 0 radical (unpaired) electrons. The van der Waals surface area contributed by atoms with Crippen molar-refractivity contribution in [1.82, 2.24) is 19.8 Å². The molecule has 0 bridgehead atoms. The molecular formula is C31H38ClF2N7O3. The van der Waals surface area contributed by atoms with E-state index in [0.29, 0.717) is 54.6 Å². The number of carbonyl (C=O) groups is 2. The second-order valence-electron chi connectivity index (χ2n) is 12.4. The van der Waals surface area contributed by atoms with Crippen molar-refractivity contribution in [3.63, 3.8) is 0 Å². The van der Waals surface area contributed by atoms with E-state index in [4.69, 9.17) is 32.0 Å². The Morgan fingerprint density at radius 3 is 2.77 bits per heavy atom. The van der Waals surface area contributed by atoms with Gasteiger partial charge in [0.1, 0.15) is 18.5 Å². The van der Waals surface area contributed by atoms with Crippen LogP contribution in [-0.2, 0) is 27.8 Å². The van der Waals surface area contributed by atoms with Crippen molar-refractivity contribution in [1.29, 1.82) is 0 Å². The number of hydrogen-bond acceptors (Lipinski definition) is 8. The molecule has 4 heterocycles. The number of aryl methyl sites for hydroxylation is 1. The molecule has 236 valence electrons. The van der Waals surface area contributed by atoms with E-state index in [-0.39, 0.29) is 44.2 Å². The first-order chi connectivity index (χ1) is 21.0. The minimum Gasteiger partial charge on any atom is -0.462 e. The Bertz CT molecular complexity index is 1510. The zero-order valence-electron chi connectivity index (χ0n) is 25.0. The fourth-order valence-corrected chi connectivity index (χ4v) is 7.60. The fraction of sp³-hybridized carbons (Fsp3) is 0.548. The fourth-order valence-electron chi connectivity index (χ4n) is 7.32. The summed E-state index contributed by atoms with van der Waals surface area (Å²) in [6.07, 6.45) is 2.10. The molecule has 1 aromatic heterocycles. The highest BCUT2D eigenvalue weighted by molar-refractivity contribution is 6.30. The lowest BCUT2D eigenvalue weighted by Crippen LogP contribution is -2.58. The van der Waals surface area contributed by atoms with Crippen molar-refractivity contribution in [3.05, 3.63) is 51.9 Å². The molecule has 1 spiro atoms. The summed E-state index contributed by atoms with van der Waals surface area (Å²) in [5.74, 6) is -1.54. The van der Waals surface area contributed by atoms with E-state index in [1.165, 1.54) is 4.90 Å². The summed E-state index contributed by atoms with van der Waals surface area (Å²) >= 11 is 6.51. The van der Waals surface area contributed by atoms with Crippen molar-refractivity contribution >= 4 is 34.9 Å². The minimum atomic E-state index is -1.04. The lowest BCUT2D eigenvalue weighted by Gasteiger charge is -2.44. The van der Waals surface area contributed by atoms with E-state index in [0.717, 1.165) is 29.5 Å². The molecule has 44 heavy (non-hydrogen) atoms. The lowest BCUT2D eigenvalue weighted by molar-refractivity contribution is -0.131. The zero-order chi connectivity index (χ0) is 31.3. The summed E-state index contributed by atoms with van der Waals surface area (Å²) < 4.78 is 33.9. The lowest BCUT2D eigenvalue weighted by atomic mass is 9.65. The van der Waals surface area contributed by atoms with Gasteiger partial charge in [-0.05, 0) is 68.5 Å². The Hall–Kier alpha value is -3.35. The highest BCUT2D eigenvalue weighted by Gasteiger charge is 2.49. The van der Waals surface area contributed by atoms with E-state index >= 15 is 0 Å². The van der Waals surface area contributed by atoms with E-state index in [1.807, 2.05) is 35.9 Å². The highest BCUT2D eigenvalue weighted by atomic mass is 35.5. The third-order valence-electron chi connectivity index (χ3n) is 9.66. The van der Waals surface area contributed by atoms with Gasteiger partial charge in [-0.15, -0.1) is 0 Å². The molecule has 2 amide bonds. The van der Waals surface area contributed by atoms with Gasteiger partial charge in [0.25, 0.3) is 5.91 Å². The van der Waals surface area contributed by atoms with Crippen molar-refractivity contribution in [3.8, 4) is 6.01 Å². The average Bonchev–Trinajstić information content (AvgIpc) is 3.32. The van der Waals surface area contributed by atoms with Gasteiger partial charge in [0.2, 0.25) is 5.91 Å². The molecule has 1 unspecified atom stereocenters. The van der Waals surface area contributed by atoms with Gasteiger partial charge in [0.15, 0.2) is 11.6 Å². The number of nitrogens with two attached hydrogens (primary N) is 1. The predicted molar refractivity (Wildman–Crippen MR) is 164 cm³/mol. The smallest absolute Gasteiger partial charge is 0.318 e. The first kappa shape index (κ1) is 30.7. The largest absolute Gasteiger partial charge is 0.462 e. The van der Waals surface area contributed by atoms with Crippen LogP contribution in [-0.4, -0.2) is 96.2 Å². The number of amides is 2. The molecule has 4 atom stereocenters. The number of alkyl halides is 1. The van der Waals surface area contributed by atoms with Crippen LogP contribution in [0.3, 0.4) is 0 Å². The van der Waals surface area contributed by atoms with Crippen molar-refractivity contribution in [2.45, 2.75) is 62.7 Å². The van der Waals surface area contributed by atoms with Crippen LogP contribution in [0, 0.1) is 6.92 Å². The van der Waals surface area contributed by atoms with Gasteiger partial charge < -0.3 is 25.6 Å². The zero-order valence-corrected chi connectivity index (χ0v) is 25.8. The van der Waals surface area contributed by atoms with Gasteiger partial charge in [-0.1, -0.05) is 18.2 Å². The molecule has 4 aliphatic rings.